The maximum atomic E-state index is 13.3. The standard InChI is InChI=1S/C10H10ClFO2/c1-6(2)14-10-7(5-13)3-8(11)4-9(10)12/h3-6H,1-2H3. The van der Waals surface area contributed by atoms with Crippen molar-refractivity contribution in [2.45, 2.75) is 20.0 Å². The molecule has 0 saturated carbocycles. The lowest BCUT2D eigenvalue weighted by Gasteiger charge is -2.12. The summed E-state index contributed by atoms with van der Waals surface area (Å²) in [5, 5.41) is 0.181. The van der Waals surface area contributed by atoms with E-state index in [0.717, 1.165) is 6.07 Å². The van der Waals surface area contributed by atoms with E-state index in [-0.39, 0.29) is 22.4 Å². The second-order valence-corrected chi connectivity index (χ2v) is 3.53. The third kappa shape index (κ3) is 2.45. The number of hydrogen-bond donors (Lipinski definition) is 0. The lowest BCUT2D eigenvalue weighted by molar-refractivity contribution is 0.111. The highest BCUT2D eigenvalue weighted by Gasteiger charge is 2.12. The van der Waals surface area contributed by atoms with Crippen LogP contribution in [-0.4, -0.2) is 12.4 Å². The van der Waals surface area contributed by atoms with Gasteiger partial charge in [-0.3, -0.25) is 4.79 Å². The lowest BCUT2D eigenvalue weighted by Crippen LogP contribution is -2.09. The second kappa shape index (κ2) is 4.42. The molecule has 0 bridgehead atoms. The minimum atomic E-state index is -0.617. The van der Waals surface area contributed by atoms with Gasteiger partial charge in [0.05, 0.1) is 11.7 Å². The summed E-state index contributed by atoms with van der Waals surface area (Å²) in [6.07, 6.45) is 0.330. The Labute approximate surface area is 86.6 Å². The second-order valence-electron chi connectivity index (χ2n) is 3.09. The molecule has 76 valence electrons. The first-order valence-electron chi connectivity index (χ1n) is 4.15. The molecule has 2 nitrogen and oxygen atoms in total. The van der Waals surface area contributed by atoms with E-state index in [1.165, 1.54) is 6.07 Å². The Morgan fingerprint density at radius 2 is 2.14 bits per heavy atom. The summed E-state index contributed by atoms with van der Waals surface area (Å²) in [6.45, 7) is 3.51. The molecule has 0 fully saturated rings. The fourth-order valence-electron chi connectivity index (χ4n) is 1.03. The smallest absolute Gasteiger partial charge is 0.167 e. The van der Waals surface area contributed by atoms with Crippen LogP contribution >= 0.6 is 11.6 Å². The molecule has 0 saturated heterocycles. The van der Waals surface area contributed by atoms with Crippen molar-refractivity contribution in [3.05, 3.63) is 28.5 Å². The third-order valence-corrected chi connectivity index (χ3v) is 1.74. The zero-order chi connectivity index (χ0) is 10.7. The zero-order valence-corrected chi connectivity index (χ0v) is 8.64. The number of carbonyl (C=O) groups is 1. The first-order valence-corrected chi connectivity index (χ1v) is 4.53. The molecule has 14 heavy (non-hydrogen) atoms. The largest absolute Gasteiger partial charge is 0.487 e. The van der Waals surface area contributed by atoms with Crippen molar-refractivity contribution < 1.29 is 13.9 Å². The van der Waals surface area contributed by atoms with E-state index in [1.807, 2.05) is 0 Å². The Morgan fingerprint density at radius 1 is 1.50 bits per heavy atom. The van der Waals surface area contributed by atoms with Crippen molar-refractivity contribution in [1.82, 2.24) is 0 Å². The molecular formula is C10H10ClFO2. The van der Waals surface area contributed by atoms with Crippen molar-refractivity contribution in [3.63, 3.8) is 0 Å². The summed E-state index contributed by atoms with van der Waals surface area (Å²) in [7, 11) is 0. The van der Waals surface area contributed by atoms with Crippen molar-refractivity contribution in [2.75, 3.05) is 0 Å². The molecule has 0 atom stereocenters. The van der Waals surface area contributed by atoms with Crippen LogP contribution in [0.15, 0.2) is 12.1 Å². The van der Waals surface area contributed by atoms with Gasteiger partial charge in [-0.05, 0) is 26.0 Å². The highest BCUT2D eigenvalue weighted by atomic mass is 35.5. The monoisotopic (exact) mass is 216 g/mol. The minimum absolute atomic E-state index is 0.0422. The summed E-state index contributed by atoms with van der Waals surface area (Å²) < 4.78 is 18.4. The molecule has 4 heteroatoms. The van der Waals surface area contributed by atoms with Crippen LogP contribution in [0.4, 0.5) is 4.39 Å². The molecule has 0 amide bonds. The van der Waals surface area contributed by atoms with Crippen LogP contribution in [0.25, 0.3) is 0 Å². The van der Waals surface area contributed by atoms with Gasteiger partial charge in [0, 0.05) is 5.02 Å². The van der Waals surface area contributed by atoms with Crippen LogP contribution < -0.4 is 4.74 Å². The molecular weight excluding hydrogens is 207 g/mol. The average molecular weight is 217 g/mol. The van der Waals surface area contributed by atoms with E-state index < -0.39 is 5.82 Å². The van der Waals surface area contributed by atoms with Gasteiger partial charge in [-0.15, -0.1) is 0 Å². The number of aldehydes is 1. The first-order chi connectivity index (χ1) is 6.54. The van der Waals surface area contributed by atoms with Crippen molar-refractivity contribution in [1.29, 1.82) is 0 Å². The number of hydrogen-bond acceptors (Lipinski definition) is 2. The minimum Gasteiger partial charge on any atom is -0.487 e. The van der Waals surface area contributed by atoms with E-state index in [9.17, 15) is 9.18 Å². The SMILES string of the molecule is CC(C)Oc1c(F)cc(Cl)cc1C=O. The Kier molecular flexibility index (Phi) is 3.47. The summed E-state index contributed by atoms with van der Waals surface area (Å²) in [6, 6.07) is 2.49. The van der Waals surface area contributed by atoms with E-state index in [0.29, 0.717) is 6.29 Å². The van der Waals surface area contributed by atoms with Crippen LogP contribution in [0.3, 0.4) is 0 Å². The van der Waals surface area contributed by atoms with Crippen LogP contribution in [0.2, 0.25) is 5.02 Å². The maximum absolute atomic E-state index is 13.3. The molecule has 1 aromatic carbocycles. The summed E-state index contributed by atoms with van der Waals surface area (Å²) in [5.74, 6) is -0.660. The molecule has 0 spiro atoms. The Bertz CT molecular complexity index is 350. The van der Waals surface area contributed by atoms with Crippen LogP contribution in [0, 0.1) is 5.82 Å². The van der Waals surface area contributed by atoms with Crippen LogP contribution in [0.1, 0.15) is 24.2 Å². The Morgan fingerprint density at radius 3 is 2.64 bits per heavy atom. The van der Waals surface area contributed by atoms with Gasteiger partial charge in [-0.1, -0.05) is 11.6 Å². The summed E-state index contributed by atoms with van der Waals surface area (Å²) in [4.78, 5) is 10.6. The topological polar surface area (TPSA) is 26.3 Å². The number of rotatable bonds is 3. The molecule has 1 aromatic rings. The predicted octanol–water partition coefficient (Wildman–Crippen LogP) is 3.08. The van der Waals surface area contributed by atoms with Gasteiger partial charge in [0.2, 0.25) is 0 Å². The van der Waals surface area contributed by atoms with Crippen LogP contribution in [0.5, 0.6) is 5.75 Å². The fraction of sp³-hybridized carbons (Fsp3) is 0.300. The van der Waals surface area contributed by atoms with Crippen molar-refractivity contribution in [2.24, 2.45) is 0 Å². The number of ether oxygens (including phenoxy) is 1. The number of halogens is 2. The maximum Gasteiger partial charge on any atom is 0.167 e. The summed E-state index contributed by atoms with van der Waals surface area (Å²) in [5.41, 5.74) is 0.128. The number of carbonyl (C=O) groups excluding carboxylic acids is 1. The van der Waals surface area contributed by atoms with Gasteiger partial charge in [-0.2, -0.15) is 0 Å². The summed E-state index contributed by atoms with van der Waals surface area (Å²) >= 11 is 5.58. The van der Waals surface area contributed by atoms with Crippen molar-refractivity contribution in [3.8, 4) is 5.75 Å². The Hall–Kier alpha value is -1.09. The van der Waals surface area contributed by atoms with Gasteiger partial charge in [0.1, 0.15) is 0 Å². The third-order valence-electron chi connectivity index (χ3n) is 1.52. The van der Waals surface area contributed by atoms with E-state index >= 15 is 0 Å². The van der Waals surface area contributed by atoms with E-state index in [2.05, 4.69) is 0 Å². The first kappa shape index (κ1) is 11.0. The average Bonchev–Trinajstić information content (AvgIpc) is 2.08. The van der Waals surface area contributed by atoms with Crippen LogP contribution in [-0.2, 0) is 0 Å². The molecule has 0 aromatic heterocycles. The molecule has 0 unspecified atom stereocenters. The molecule has 0 heterocycles. The van der Waals surface area contributed by atoms with Crippen molar-refractivity contribution >= 4 is 17.9 Å². The number of benzene rings is 1. The van der Waals surface area contributed by atoms with Gasteiger partial charge in [0.15, 0.2) is 17.9 Å². The normalized spacial score (nSPS) is 10.4. The fourth-order valence-corrected chi connectivity index (χ4v) is 1.24. The predicted molar refractivity (Wildman–Crippen MR) is 52.6 cm³/mol. The molecule has 1 rings (SSSR count). The van der Waals surface area contributed by atoms with Gasteiger partial charge in [0.25, 0.3) is 0 Å². The highest BCUT2D eigenvalue weighted by molar-refractivity contribution is 6.30. The quantitative estimate of drug-likeness (QED) is 0.726. The van der Waals surface area contributed by atoms with E-state index in [4.69, 9.17) is 16.3 Å². The van der Waals surface area contributed by atoms with Gasteiger partial charge in [-0.25, -0.2) is 4.39 Å². The zero-order valence-electron chi connectivity index (χ0n) is 7.88. The molecule has 0 aliphatic carbocycles. The van der Waals surface area contributed by atoms with Gasteiger partial charge >= 0.3 is 0 Å². The lowest BCUT2D eigenvalue weighted by atomic mass is 10.2. The molecule has 0 N–H and O–H groups in total. The Balaban J connectivity index is 3.18. The van der Waals surface area contributed by atoms with E-state index in [1.54, 1.807) is 13.8 Å². The molecule has 0 aliphatic rings. The molecule has 0 radical (unpaired) electrons. The highest BCUT2D eigenvalue weighted by Crippen LogP contribution is 2.26. The molecule has 0 aliphatic heterocycles. The van der Waals surface area contributed by atoms with Gasteiger partial charge < -0.3 is 4.74 Å².